The van der Waals surface area contributed by atoms with Crippen LogP contribution in [0.25, 0.3) is 16.9 Å². The van der Waals surface area contributed by atoms with Gasteiger partial charge in [-0.15, -0.1) is 0 Å². The highest BCUT2D eigenvalue weighted by Crippen LogP contribution is 2.27. The van der Waals surface area contributed by atoms with Crippen LogP contribution in [0.15, 0.2) is 115 Å². The zero-order chi connectivity index (χ0) is 24.9. The summed E-state index contributed by atoms with van der Waals surface area (Å²) in [5.41, 5.74) is 5.98. The van der Waals surface area contributed by atoms with Gasteiger partial charge in [0.1, 0.15) is 11.4 Å². The van der Waals surface area contributed by atoms with Gasteiger partial charge in [-0.3, -0.25) is 4.79 Å². The van der Waals surface area contributed by atoms with Crippen molar-refractivity contribution in [3.8, 4) is 22.7 Å². The highest BCUT2D eigenvalue weighted by atomic mass is 16.5. The van der Waals surface area contributed by atoms with Crippen LogP contribution >= 0.6 is 0 Å². The number of ether oxygens (including phenoxy) is 1. The first-order valence-electron chi connectivity index (χ1n) is 11.8. The van der Waals surface area contributed by atoms with E-state index in [2.05, 4.69) is 5.32 Å². The van der Waals surface area contributed by atoms with E-state index in [1.807, 2.05) is 122 Å². The van der Waals surface area contributed by atoms with Gasteiger partial charge in [-0.25, -0.2) is 4.68 Å². The molecule has 0 aliphatic heterocycles. The molecule has 1 heterocycles. The lowest BCUT2D eigenvalue weighted by Gasteiger charge is -2.20. The number of benzene rings is 4. The minimum Gasteiger partial charge on any atom is -0.497 e. The molecule has 178 valence electrons. The molecule has 36 heavy (non-hydrogen) atoms. The van der Waals surface area contributed by atoms with Gasteiger partial charge in [0, 0.05) is 5.56 Å². The van der Waals surface area contributed by atoms with Crippen molar-refractivity contribution < 1.29 is 9.53 Å². The number of rotatable bonds is 7. The molecule has 0 fully saturated rings. The fraction of sp³-hybridized carbons (Fsp3) is 0.0968. The smallest absolute Gasteiger partial charge is 0.270 e. The first-order valence-corrected chi connectivity index (χ1v) is 11.8. The SMILES string of the molecule is COc1cccc(-c2cc(C(=O)NC(c3ccccc3)c3ccccc3)n(-c3ccc(C)cc3)n2)c1. The summed E-state index contributed by atoms with van der Waals surface area (Å²) in [5.74, 6) is 0.520. The number of methoxy groups -OCH3 is 1. The molecule has 5 nitrogen and oxygen atoms in total. The molecule has 0 spiro atoms. The average Bonchev–Trinajstić information content (AvgIpc) is 3.39. The molecule has 5 heteroatoms. The van der Waals surface area contributed by atoms with Crippen LogP contribution in [0.4, 0.5) is 0 Å². The second-order valence-corrected chi connectivity index (χ2v) is 8.62. The molecule has 5 aromatic rings. The third-order valence-corrected chi connectivity index (χ3v) is 6.13. The van der Waals surface area contributed by atoms with Crippen LogP contribution in [-0.4, -0.2) is 22.8 Å². The number of aryl methyl sites for hydroxylation is 1. The zero-order valence-electron chi connectivity index (χ0n) is 20.3. The van der Waals surface area contributed by atoms with E-state index in [-0.39, 0.29) is 11.9 Å². The standard InChI is InChI=1S/C31H27N3O2/c1-22-16-18-26(19-17-22)34-29(21-28(33-34)25-14-9-15-27(20-25)36-2)31(35)32-30(23-10-5-3-6-11-23)24-12-7-4-8-13-24/h3-21,30H,1-2H3,(H,32,35). The number of hydrogen-bond donors (Lipinski definition) is 1. The van der Waals surface area contributed by atoms with Crippen molar-refractivity contribution in [2.24, 2.45) is 0 Å². The Bertz CT molecular complexity index is 1420. The first-order chi connectivity index (χ1) is 17.6. The topological polar surface area (TPSA) is 56.1 Å². The number of amides is 1. The van der Waals surface area contributed by atoms with Crippen molar-refractivity contribution in [1.29, 1.82) is 0 Å². The number of carbonyl (C=O) groups is 1. The van der Waals surface area contributed by atoms with Crippen LogP contribution in [0, 0.1) is 6.92 Å². The second-order valence-electron chi connectivity index (χ2n) is 8.62. The minimum atomic E-state index is -0.304. The van der Waals surface area contributed by atoms with Crippen LogP contribution in [-0.2, 0) is 0 Å². The largest absolute Gasteiger partial charge is 0.497 e. The molecule has 1 amide bonds. The summed E-state index contributed by atoms with van der Waals surface area (Å²) in [6.07, 6.45) is 0. The maximum Gasteiger partial charge on any atom is 0.270 e. The molecule has 1 N–H and O–H groups in total. The van der Waals surface area contributed by atoms with Crippen molar-refractivity contribution >= 4 is 5.91 Å². The zero-order valence-corrected chi connectivity index (χ0v) is 20.3. The molecule has 1 aromatic heterocycles. The summed E-state index contributed by atoms with van der Waals surface area (Å²) in [7, 11) is 1.64. The number of hydrogen-bond acceptors (Lipinski definition) is 3. The Morgan fingerprint density at radius 2 is 1.44 bits per heavy atom. The van der Waals surface area contributed by atoms with E-state index in [1.165, 1.54) is 0 Å². The number of nitrogens with one attached hydrogen (secondary N) is 1. The highest BCUT2D eigenvalue weighted by Gasteiger charge is 2.22. The summed E-state index contributed by atoms with van der Waals surface area (Å²) in [6, 6.07) is 37.1. The maximum absolute atomic E-state index is 13.8. The Balaban J connectivity index is 1.57. The third kappa shape index (κ3) is 4.91. The Kier molecular flexibility index (Phi) is 6.63. The van der Waals surface area contributed by atoms with E-state index in [9.17, 15) is 4.79 Å². The molecular weight excluding hydrogens is 446 g/mol. The summed E-state index contributed by atoms with van der Waals surface area (Å²) >= 11 is 0. The Hall–Kier alpha value is -4.64. The predicted octanol–water partition coefficient (Wildman–Crippen LogP) is 6.38. The Morgan fingerprint density at radius 3 is 2.06 bits per heavy atom. The molecule has 0 aliphatic carbocycles. The number of carbonyl (C=O) groups excluding carboxylic acids is 1. The van der Waals surface area contributed by atoms with Gasteiger partial charge in [-0.1, -0.05) is 90.5 Å². The van der Waals surface area contributed by atoms with E-state index in [4.69, 9.17) is 9.84 Å². The van der Waals surface area contributed by atoms with Gasteiger partial charge in [-0.05, 0) is 48.4 Å². The molecule has 4 aromatic carbocycles. The lowest BCUT2D eigenvalue weighted by atomic mass is 9.98. The van der Waals surface area contributed by atoms with Crippen LogP contribution in [0.2, 0.25) is 0 Å². The monoisotopic (exact) mass is 473 g/mol. The maximum atomic E-state index is 13.8. The molecule has 0 saturated carbocycles. The van der Waals surface area contributed by atoms with E-state index in [0.29, 0.717) is 11.4 Å². The number of aromatic nitrogens is 2. The highest BCUT2D eigenvalue weighted by molar-refractivity contribution is 5.95. The summed E-state index contributed by atoms with van der Waals surface area (Å²) in [4.78, 5) is 13.8. The quantitative estimate of drug-likeness (QED) is 0.299. The van der Waals surface area contributed by atoms with E-state index < -0.39 is 0 Å². The molecule has 0 atom stereocenters. The Morgan fingerprint density at radius 1 is 0.806 bits per heavy atom. The van der Waals surface area contributed by atoms with E-state index >= 15 is 0 Å². The summed E-state index contributed by atoms with van der Waals surface area (Å²) in [5, 5.41) is 8.08. The van der Waals surface area contributed by atoms with Crippen molar-refractivity contribution in [2.75, 3.05) is 7.11 Å². The number of nitrogens with zero attached hydrogens (tertiary/aromatic N) is 2. The summed E-state index contributed by atoms with van der Waals surface area (Å²) in [6.45, 7) is 2.03. The third-order valence-electron chi connectivity index (χ3n) is 6.13. The van der Waals surface area contributed by atoms with Gasteiger partial charge in [0.25, 0.3) is 5.91 Å². The molecule has 0 radical (unpaired) electrons. The Labute approximate surface area is 211 Å². The lowest BCUT2D eigenvalue weighted by Crippen LogP contribution is -2.31. The van der Waals surface area contributed by atoms with Gasteiger partial charge < -0.3 is 10.1 Å². The molecule has 0 bridgehead atoms. The van der Waals surface area contributed by atoms with Crippen molar-refractivity contribution in [3.05, 3.63) is 138 Å². The van der Waals surface area contributed by atoms with Gasteiger partial charge in [-0.2, -0.15) is 5.10 Å². The van der Waals surface area contributed by atoms with Gasteiger partial charge in [0.05, 0.1) is 24.5 Å². The van der Waals surface area contributed by atoms with Gasteiger partial charge in [0.2, 0.25) is 0 Å². The normalized spacial score (nSPS) is 10.9. The van der Waals surface area contributed by atoms with Gasteiger partial charge in [0.15, 0.2) is 0 Å². The predicted molar refractivity (Wildman–Crippen MR) is 142 cm³/mol. The fourth-order valence-corrected chi connectivity index (χ4v) is 4.20. The van der Waals surface area contributed by atoms with Crippen LogP contribution in [0.3, 0.4) is 0 Å². The molecule has 5 rings (SSSR count). The van der Waals surface area contributed by atoms with Crippen molar-refractivity contribution in [2.45, 2.75) is 13.0 Å². The average molecular weight is 474 g/mol. The van der Waals surface area contributed by atoms with Crippen molar-refractivity contribution in [3.63, 3.8) is 0 Å². The first kappa shape index (κ1) is 23.1. The van der Waals surface area contributed by atoms with Crippen molar-refractivity contribution in [1.82, 2.24) is 15.1 Å². The summed E-state index contributed by atoms with van der Waals surface area (Å²) < 4.78 is 7.10. The molecule has 0 aliphatic rings. The fourth-order valence-electron chi connectivity index (χ4n) is 4.20. The minimum absolute atomic E-state index is 0.213. The van der Waals surface area contributed by atoms with E-state index in [0.717, 1.165) is 33.7 Å². The molecular formula is C31H27N3O2. The lowest BCUT2D eigenvalue weighted by molar-refractivity contribution is 0.0935. The molecule has 0 unspecified atom stereocenters. The molecule has 0 saturated heterocycles. The van der Waals surface area contributed by atoms with Crippen LogP contribution in [0.1, 0.15) is 33.2 Å². The van der Waals surface area contributed by atoms with Gasteiger partial charge >= 0.3 is 0 Å². The van der Waals surface area contributed by atoms with E-state index in [1.54, 1.807) is 11.8 Å². The van der Waals surface area contributed by atoms with Crippen LogP contribution in [0.5, 0.6) is 5.75 Å². The van der Waals surface area contributed by atoms with Crippen LogP contribution < -0.4 is 10.1 Å². The second kappa shape index (κ2) is 10.3.